The Hall–Kier alpha value is -0.910. The van der Waals surface area contributed by atoms with Crippen LogP contribution >= 0.6 is 0 Å². The van der Waals surface area contributed by atoms with Crippen molar-refractivity contribution in [3.05, 3.63) is 11.4 Å². The zero-order valence-corrected chi connectivity index (χ0v) is 7.81. The molecule has 0 radical (unpaired) electrons. The standard InChI is InChI=1S/C7H14F3N3/c1-4(2)5(11)6(13(3)12)7(8,9)10/h4H,11-12H2,1-3H3/b6-5-. The van der Waals surface area contributed by atoms with Gasteiger partial charge in [-0.05, 0) is 5.92 Å². The van der Waals surface area contributed by atoms with Gasteiger partial charge in [0.2, 0.25) is 0 Å². The molecule has 0 saturated carbocycles. The highest BCUT2D eigenvalue weighted by atomic mass is 19.4. The van der Waals surface area contributed by atoms with E-state index in [0.29, 0.717) is 5.01 Å². The molecule has 0 aromatic heterocycles. The Balaban J connectivity index is 5.14. The summed E-state index contributed by atoms with van der Waals surface area (Å²) in [5.41, 5.74) is 4.05. The maximum absolute atomic E-state index is 12.3. The molecule has 4 N–H and O–H groups in total. The Labute approximate surface area is 75.1 Å². The van der Waals surface area contributed by atoms with Gasteiger partial charge in [-0.2, -0.15) is 13.2 Å². The summed E-state index contributed by atoms with van der Waals surface area (Å²) in [5, 5.41) is 0.495. The van der Waals surface area contributed by atoms with Crippen molar-refractivity contribution < 1.29 is 13.2 Å². The molecule has 0 aromatic carbocycles. The predicted octanol–water partition coefficient (Wildman–Crippen LogP) is 1.18. The molecule has 0 rings (SSSR count). The van der Waals surface area contributed by atoms with E-state index in [1.807, 2.05) is 0 Å². The molecule has 3 nitrogen and oxygen atoms in total. The summed E-state index contributed by atoms with van der Waals surface area (Å²) in [5.74, 6) is 4.65. The largest absolute Gasteiger partial charge is 0.434 e. The minimum absolute atomic E-state index is 0.252. The third-order valence-electron chi connectivity index (χ3n) is 1.52. The van der Waals surface area contributed by atoms with Crippen LogP contribution in [0.1, 0.15) is 13.8 Å². The molecule has 0 aromatic rings. The lowest BCUT2D eigenvalue weighted by atomic mass is 10.1. The van der Waals surface area contributed by atoms with E-state index < -0.39 is 11.9 Å². The number of alkyl halides is 3. The number of halogens is 3. The van der Waals surface area contributed by atoms with Crippen molar-refractivity contribution in [3.63, 3.8) is 0 Å². The van der Waals surface area contributed by atoms with Gasteiger partial charge in [0.1, 0.15) is 0 Å². The number of nitrogens with zero attached hydrogens (tertiary/aromatic N) is 1. The number of rotatable bonds is 2. The van der Waals surface area contributed by atoms with Gasteiger partial charge < -0.3 is 10.7 Å². The van der Waals surface area contributed by atoms with Gasteiger partial charge in [0.15, 0.2) is 5.70 Å². The molecular weight excluding hydrogens is 183 g/mol. The number of hydrogen-bond acceptors (Lipinski definition) is 3. The number of hydrazine groups is 1. The van der Waals surface area contributed by atoms with Crippen LogP contribution in [0.2, 0.25) is 0 Å². The van der Waals surface area contributed by atoms with Gasteiger partial charge >= 0.3 is 6.18 Å². The van der Waals surface area contributed by atoms with Gasteiger partial charge in [-0.15, -0.1) is 0 Å². The van der Waals surface area contributed by atoms with E-state index in [-0.39, 0.29) is 11.6 Å². The second kappa shape index (κ2) is 3.87. The summed E-state index contributed by atoms with van der Waals surface area (Å²) in [6.07, 6.45) is -4.50. The Morgan fingerprint density at radius 1 is 1.31 bits per heavy atom. The van der Waals surface area contributed by atoms with Crippen LogP contribution < -0.4 is 11.6 Å². The number of allylic oxidation sites excluding steroid dienone is 2. The Bertz CT molecular complexity index is 206. The van der Waals surface area contributed by atoms with Crippen molar-refractivity contribution in [1.82, 2.24) is 5.01 Å². The third-order valence-corrected chi connectivity index (χ3v) is 1.52. The minimum atomic E-state index is -4.50. The van der Waals surface area contributed by atoms with Gasteiger partial charge in [-0.3, -0.25) is 0 Å². The van der Waals surface area contributed by atoms with Gasteiger partial charge in [0, 0.05) is 12.7 Å². The molecule has 0 bridgehead atoms. The molecular formula is C7H14F3N3. The van der Waals surface area contributed by atoms with Crippen LogP contribution in [-0.4, -0.2) is 18.2 Å². The zero-order valence-electron chi connectivity index (χ0n) is 7.81. The van der Waals surface area contributed by atoms with Crippen molar-refractivity contribution in [2.24, 2.45) is 17.5 Å². The first-order valence-corrected chi connectivity index (χ1v) is 3.73. The molecule has 0 unspecified atom stereocenters. The maximum Gasteiger partial charge on any atom is 0.434 e. The number of hydrogen-bond donors (Lipinski definition) is 2. The third kappa shape index (κ3) is 3.14. The smallest absolute Gasteiger partial charge is 0.400 e. The molecule has 0 aliphatic rings. The molecule has 0 aliphatic carbocycles. The molecule has 6 heteroatoms. The molecule has 0 aliphatic heterocycles. The van der Waals surface area contributed by atoms with Crippen LogP contribution in [0.15, 0.2) is 11.4 Å². The van der Waals surface area contributed by atoms with Crippen LogP contribution in [0.5, 0.6) is 0 Å². The highest BCUT2D eigenvalue weighted by Crippen LogP contribution is 2.29. The SMILES string of the molecule is CC(C)/C(N)=C(/N(C)N)C(F)(F)F. The molecule has 0 saturated heterocycles. The van der Waals surface area contributed by atoms with Crippen LogP contribution in [0, 0.1) is 5.92 Å². The first-order valence-electron chi connectivity index (χ1n) is 3.73. The monoisotopic (exact) mass is 197 g/mol. The van der Waals surface area contributed by atoms with E-state index in [1.165, 1.54) is 0 Å². The lowest BCUT2D eigenvalue weighted by Crippen LogP contribution is -2.37. The van der Waals surface area contributed by atoms with Crippen molar-refractivity contribution in [3.8, 4) is 0 Å². The molecule has 0 atom stereocenters. The summed E-state index contributed by atoms with van der Waals surface area (Å²) in [7, 11) is 1.11. The lowest BCUT2D eigenvalue weighted by molar-refractivity contribution is -0.111. The molecule has 0 amide bonds. The fraction of sp³-hybridized carbons (Fsp3) is 0.714. The molecule has 0 fully saturated rings. The fourth-order valence-electron chi connectivity index (χ4n) is 0.841. The minimum Gasteiger partial charge on any atom is -0.400 e. The summed E-state index contributed by atoms with van der Waals surface area (Å²) in [6, 6.07) is 0. The van der Waals surface area contributed by atoms with Gasteiger partial charge in [0.25, 0.3) is 0 Å². The molecule has 0 heterocycles. The normalized spacial score (nSPS) is 14.5. The highest BCUT2D eigenvalue weighted by Gasteiger charge is 2.38. The topological polar surface area (TPSA) is 55.3 Å². The fourth-order valence-corrected chi connectivity index (χ4v) is 0.841. The van der Waals surface area contributed by atoms with E-state index in [0.717, 1.165) is 7.05 Å². The van der Waals surface area contributed by atoms with Crippen molar-refractivity contribution in [1.29, 1.82) is 0 Å². The average Bonchev–Trinajstić information content (AvgIpc) is 1.82. The Kier molecular flexibility index (Phi) is 3.60. The quantitative estimate of drug-likeness (QED) is 0.516. The van der Waals surface area contributed by atoms with E-state index in [2.05, 4.69) is 0 Å². The van der Waals surface area contributed by atoms with Crippen LogP contribution in [0.25, 0.3) is 0 Å². The molecule has 78 valence electrons. The van der Waals surface area contributed by atoms with E-state index in [1.54, 1.807) is 13.8 Å². The first-order chi connectivity index (χ1) is 5.68. The second-order valence-electron chi connectivity index (χ2n) is 3.07. The summed E-state index contributed by atoms with van der Waals surface area (Å²) in [6.45, 7) is 3.15. The summed E-state index contributed by atoms with van der Waals surface area (Å²) < 4.78 is 37.0. The van der Waals surface area contributed by atoms with Crippen molar-refractivity contribution in [2.75, 3.05) is 7.05 Å². The Morgan fingerprint density at radius 2 is 1.69 bits per heavy atom. The van der Waals surface area contributed by atoms with E-state index in [9.17, 15) is 13.2 Å². The molecule has 0 spiro atoms. The number of nitrogens with two attached hydrogens (primary N) is 2. The van der Waals surface area contributed by atoms with Crippen molar-refractivity contribution in [2.45, 2.75) is 20.0 Å². The summed E-state index contributed by atoms with van der Waals surface area (Å²) in [4.78, 5) is 0. The summed E-state index contributed by atoms with van der Waals surface area (Å²) >= 11 is 0. The Morgan fingerprint density at radius 3 is 1.77 bits per heavy atom. The van der Waals surface area contributed by atoms with E-state index in [4.69, 9.17) is 11.6 Å². The van der Waals surface area contributed by atoms with E-state index >= 15 is 0 Å². The van der Waals surface area contributed by atoms with Gasteiger partial charge in [0.05, 0.1) is 0 Å². The van der Waals surface area contributed by atoms with Crippen LogP contribution in [0.3, 0.4) is 0 Å². The highest BCUT2D eigenvalue weighted by molar-refractivity contribution is 5.15. The van der Waals surface area contributed by atoms with Crippen LogP contribution in [0.4, 0.5) is 13.2 Å². The second-order valence-corrected chi connectivity index (χ2v) is 3.07. The lowest BCUT2D eigenvalue weighted by Gasteiger charge is -2.23. The van der Waals surface area contributed by atoms with Gasteiger partial charge in [-0.1, -0.05) is 13.8 Å². The first kappa shape index (κ1) is 12.1. The zero-order chi connectivity index (χ0) is 10.8. The maximum atomic E-state index is 12.3. The van der Waals surface area contributed by atoms with Gasteiger partial charge in [-0.25, -0.2) is 5.84 Å². The van der Waals surface area contributed by atoms with Crippen LogP contribution in [-0.2, 0) is 0 Å². The predicted molar refractivity (Wildman–Crippen MR) is 44.1 cm³/mol. The van der Waals surface area contributed by atoms with Crippen molar-refractivity contribution >= 4 is 0 Å². The molecule has 13 heavy (non-hydrogen) atoms. The average molecular weight is 197 g/mol.